The van der Waals surface area contributed by atoms with Crippen molar-refractivity contribution in [2.24, 2.45) is 0 Å². The molecule has 0 bridgehead atoms. The molecular weight excluding hydrogens is 384 g/mol. The predicted molar refractivity (Wildman–Crippen MR) is 111 cm³/mol. The van der Waals surface area contributed by atoms with Crippen molar-refractivity contribution >= 4 is 23.5 Å². The molecule has 1 aromatic heterocycles. The first-order chi connectivity index (χ1) is 14.5. The fourth-order valence-corrected chi connectivity index (χ4v) is 2.81. The molecule has 3 rings (SSSR count). The molecule has 30 heavy (non-hydrogen) atoms. The molecule has 2 amide bonds. The summed E-state index contributed by atoms with van der Waals surface area (Å²) in [5.41, 5.74) is 2.51. The minimum absolute atomic E-state index is 0.117. The number of nitrogens with one attached hydrogen (secondary N) is 1. The fourth-order valence-electron chi connectivity index (χ4n) is 2.81. The monoisotopic (exact) mass is 406 g/mol. The van der Waals surface area contributed by atoms with E-state index in [2.05, 4.69) is 5.32 Å². The summed E-state index contributed by atoms with van der Waals surface area (Å²) in [4.78, 5) is 38.6. The average Bonchev–Trinajstić information content (AvgIpc) is 3.29. The van der Waals surface area contributed by atoms with Crippen molar-refractivity contribution in [2.45, 2.75) is 13.5 Å². The number of esters is 1. The van der Waals surface area contributed by atoms with E-state index in [1.807, 2.05) is 31.2 Å². The van der Waals surface area contributed by atoms with Crippen LogP contribution in [0.5, 0.6) is 0 Å². The normalized spacial score (nSPS) is 10.3. The van der Waals surface area contributed by atoms with Gasteiger partial charge in [-0.15, -0.1) is 0 Å². The molecule has 1 heterocycles. The lowest BCUT2D eigenvalue weighted by molar-refractivity contribution is -0.133. The van der Waals surface area contributed by atoms with Gasteiger partial charge < -0.3 is 19.4 Å². The Kier molecular flexibility index (Phi) is 6.64. The van der Waals surface area contributed by atoms with Crippen LogP contribution in [0.3, 0.4) is 0 Å². The summed E-state index contributed by atoms with van der Waals surface area (Å²) >= 11 is 0. The number of nitrogens with zero attached hydrogens (tertiary/aromatic N) is 1. The Bertz CT molecular complexity index is 1040. The summed E-state index contributed by atoms with van der Waals surface area (Å²) < 4.78 is 10.2. The number of carbonyl (C=O) groups excluding carboxylic acids is 3. The Morgan fingerprint density at radius 1 is 1.00 bits per heavy atom. The number of carbonyl (C=O) groups is 3. The largest absolute Gasteiger partial charge is 0.459 e. The molecule has 0 aliphatic carbocycles. The maximum Gasteiger partial charge on any atom is 0.340 e. The van der Waals surface area contributed by atoms with Crippen LogP contribution in [-0.4, -0.2) is 36.3 Å². The van der Waals surface area contributed by atoms with Gasteiger partial charge in [0.2, 0.25) is 0 Å². The lowest BCUT2D eigenvalue weighted by Gasteiger charge is -2.18. The van der Waals surface area contributed by atoms with E-state index in [4.69, 9.17) is 9.15 Å². The number of likely N-dealkylation sites (N-methyl/N-ethyl adjacent to an activating group) is 1. The SMILES string of the molecule is Cc1ccccc1CN(C)C(=O)COC(=O)c1ccccc1NC(=O)c1ccco1. The van der Waals surface area contributed by atoms with Gasteiger partial charge in [0.05, 0.1) is 17.5 Å². The zero-order valence-electron chi connectivity index (χ0n) is 16.8. The molecular formula is C23H22N2O5. The van der Waals surface area contributed by atoms with Gasteiger partial charge in [-0.05, 0) is 42.3 Å². The van der Waals surface area contributed by atoms with Gasteiger partial charge >= 0.3 is 5.97 Å². The van der Waals surface area contributed by atoms with Gasteiger partial charge in [0.15, 0.2) is 12.4 Å². The number of benzene rings is 2. The number of ether oxygens (including phenoxy) is 1. The Balaban J connectivity index is 1.60. The number of para-hydroxylation sites is 1. The maximum absolute atomic E-state index is 12.5. The van der Waals surface area contributed by atoms with Crippen molar-refractivity contribution < 1.29 is 23.5 Å². The van der Waals surface area contributed by atoms with Gasteiger partial charge in [-0.3, -0.25) is 9.59 Å². The summed E-state index contributed by atoms with van der Waals surface area (Å²) in [5, 5.41) is 2.61. The van der Waals surface area contributed by atoms with E-state index in [1.54, 1.807) is 31.3 Å². The van der Waals surface area contributed by atoms with Crippen molar-refractivity contribution in [3.05, 3.63) is 89.4 Å². The van der Waals surface area contributed by atoms with Crippen LogP contribution < -0.4 is 5.32 Å². The van der Waals surface area contributed by atoms with Crippen LogP contribution >= 0.6 is 0 Å². The van der Waals surface area contributed by atoms with E-state index in [0.29, 0.717) is 6.54 Å². The van der Waals surface area contributed by atoms with E-state index >= 15 is 0 Å². The molecule has 0 radical (unpaired) electrons. The van der Waals surface area contributed by atoms with Crippen LogP contribution in [0.15, 0.2) is 71.3 Å². The van der Waals surface area contributed by atoms with E-state index < -0.39 is 18.5 Å². The van der Waals surface area contributed by atoms with Gasteiger partial charge in [0.1, 0.15) is 0 Å². The van der Waals surface area contributed by atoms with Crippen LogP contribution in [0, 0.1) is 6.92 Å². The fraction of sp³-hybridized carbons (Fsp3) is 0.174. The lowest BCUT2D eigenvalue weighted by Crippen LogP contribution is -2.31. The first-order valence-corrected chi connectivity index (χ1v) is 9.35. The van der Waals surface area contributed by atoms with Crippen molar-refractivity contribution in [2.75, 3.05) is 19.0 Å². The number of furan rings is 1. The van der Waals surface area contributed by atoms with Gasteiger partial charge in [-0.25, -0.2) is 4.79 Å². The van der Waals surface area contributed by atoms with Crippen molar-refractivity contribution in [3.63, 3.8) is 0 Å². The summed E-state index contributed by atoms with van der Waals surface area (Å²) in [5.74, 6) is -1.41. The molecule has 0 fully saturated rings. The zero-order valence-corrected chi connectivity index (χ0v) is 16.8. The minimum atomic E-state index is -0.706. The number of anilines is 1. The van der Waals surface area contributed by atoms with E-state index in [1.165, 1.54) is 23.3 Å². The second kappa shape index (κ2) is 9.56. The molecule has 3 aromatic rings. The average molecular weight is 406 g/mol. The number of hydrogen-bond acceptors (Lipinski definition) is 5. The Hall–Kier alpha value is -3.87. The van der Waals surface area contributed by atoms with Gasteiger partial charge in [0, 0.05) is 13.6 Å². The second-order valence-electron chi connectivity index (χ2n) is 6.73. The smallest absolute Gasteiger partial charge is 0.340 e. The highest BCUT2D eigenvalue weighted by Gasteiger charge is 2.18. The molecule has 0 unspecified atom stereocenters. The summed E-state index contributed by atoms with van der Waals surface area (Å²) in [6, 6.07) is 17.3. The standard InChI is InChI=1S/C23H22N2O5/c1-16-8-3-4-9-17(16)14-25(2)21(26)15-30-23(28)18-10-5-6-11-19(18)24-22(27)20-12-7-13-29-20/h3-13H,14-15H2,1-2H3,(H,24,27). The number of rotatable bonds is 7. The Morgan fingerprint density at radius 2 is 1.73 bits per heavy atom. The topological polar surface area (TPSA) is 88.9 Å². The molecule has 1 N–H and O–H groups in total. The van der Waals surface area contributed by atoms with Crippen LogP contribution in [0.25, 0.3) is 0 Å². The summed E-state index contributed by atoms with van der Waals surface area (Å²) in [6.45, 7) is 1.99. The quantitative estimate of drug-likeness (QED) is 0.605. The van der Waals surface area contributed by atoms with Crippen LogP contribution in [-0.2, 0) is 16.1 Å². The molecule has 0 saturated heterocycles. The minimum Gasteiger partial charge on any atom is -0.459 e. The molecule has 0 atom stereocenters. The third-order valence-electron chi connectivity index (χ3n) is 4.56. The highest BCUT2D eigenvalue weighted by atomic mass is 16.5. The number of hydrogen-bond donors (Lipinski definition) is 1. The lowest BCUT2D eigenvalue weighted by atomic mass is 10.1. The van der Waals surface area contributed by atoms with Gasteiger partial charge in [-0.1, -0.05) is 36.4 Å². The molecule has 0 aliphatic rings. The van der Waals surface area contributed by atoms with Crippen LogP contribution in [0.2, 0.25) is 0 Å². The van der Waals surface area contributed by atoms with E-state index in [9.17, 15) is 14.4 Å². The highest BCUT2D eigenvalue weighted by Crippen LogP contribution is 2.18. The van der Waals surface area contributed by atoms with Crippen molar-refractivity contribution in [1.29, 1.82) is 0 Å². The first kappa shape index (κ1) is 20.9. The van der Waals surface area contributed by atoms with Crippen molar-refractivity contribution in [3.8, 4) is 0 Å². The number of amides is 2. The molecule has 154 valence electrons. The Labute approximate surface area is 174 Å². The molecule has 7 nitrogen and oxygen atoms in total. The third kappa shape index (κ3) is 5.14. The van der Waals surface area contributed by atoms with E-state index in [0.717, 1.165) is 11.1 Å². The molecule has 7 heteroatoms. The summed E-state index contributed by atoms with van der Waals surface area (Å²) in [7, 11) is 1.65. The van der Waals surface area contributed by atoms with Gasteiger partial charge in [-0.2, -0.15) is 0 Å². The van der Waals surface area contributed by atoms with Gasteiger partial charge in [0.25, 0.3) is 11.8 Å². The van der Waals surface area contributed by atoms with Crippen molar-refractivity contribution in [1.82, 2.24) is 4.90 Å². The Morgan fingerprint density at radius 3 is 2.47 bits per heavy atom. The molecule has 0 spiro atoms. The first-order valence-electron chi connectivity index (χ1n) is 9.35. The molecule has 2 aromatic carbocycles. The van der Waals surface area contributed by atoms with E-state index in [-0.39, 0.29) is 22.9 Å². The zero-order chi connectivity index (χ0) is 21.5. The maximum atomic E-state index is 12.5. The van der Waals surface area contributed by atoms with Crippen LogP contribution in [0.1, 0.15) is 32.0 Å². The highest BCUT2D eigenvalue weighted by molar-refractivity contribution is 6.06. The van der Waals surface area contributed by atoms with Crippen LogP contribution in [0.4, 0.5) is 5.69 Å². The third-order valence-corrected chi connectivity index (χ3v) is 4.56. The summed E-state index contributed by atoms with van der Waals surface area (Å²) in [6.07, 6.45) is 1.38. The molecule has 0 saturated carbocycles. The second-order valence-corrected chi connectivity index (χ2v) is 6.73. The number of aryl methyl sites for hydroxylation is 1. The molecule has 0 aliphatic heterocycles. The predicted octanol–water partition coefficient (Wildman–Crippen LogP) is 3.66.